The van der Waals surface area contributed by atoms with Gasteiger partial charge < -0.3 is 4.57 Å². The smallest absolute Gasteiger partial charge is 0.128 e. The molecule has 2 aliphatic rings. The lowest BCUT2D eigenvalue weighted by atomic mass is 10.1. The minimum atomic E-state index is -0.185. The quantitative estimate of drug-likeness (QED) is 0.715. The largest absolute Gasteiger partial charge is 0.323 e. The zero-order valence-electron chi connectivity index (χ0n) is 12.4. The van der Waals surface area contributed by atoms with Crippen molar-refractivity contribution in [1.82, 2.24) is 9.55 Å². The Bertz CT molecular complexity index is 686. The average molecular weight is 307 g/mol. The van der Waals surface area contributed by atoms with E-state index in [9.17, 15) is 4.39 Å². The van der Waals surface area contributed by atoms with Crippen LogP contribution in [0.2, 0.25) is 0 Å². The molecule has 0 spiro atoms. The van der Waals surface area contributed by atoms with Crippen LogP contribution in [0.25, 0.3) is 11.0 Å². The molecule has 2 fully saturated rings. The van der Waals surface area contributed by atoms with E-state index in [-0.39, 0.29) is 11.2 Å². The van der Waals surface area contributed by atoms with E-state index in [4.69, 9.17) is 11.6 Å². The Labute approximate surface area is 129 Å². The lowest BCUT2D eigenvalue weighted by Crippen LogP contribution is -2.17. The van der Waals surface area contributed by atoms with Crippen LogP contribution in [0.4, 0.5) is 4.39 Å². The van der Waals surface area contributed by atoms with E-state index in [1.54, 1.807) is 6.07 Å². The molecule has 2 aromatic rings. The van der Waals surface area contributed by atoms with Gasteiger partial charge in [0.1, 0.15) is 11.6 Å². The molecule has 0 bridgehead atoms. The summed E-state index contributed by atoms with van der Waals surface area (Å²) in [6.45, 7) is 3.78. The second-order valence-corrected chi connectivity index (χ2v) is 7.37. The molecule has 0 radical (unpaired) electrons. The number of halogens is 2. The molecule has 21 heavy (non-hydrogen) atoms. The van der Waals surface area contributed by atoms with E-state index in [0.717, 1.165) is 28.7 Å². The summed E-state index contributed by atoms with van der Waals surface area (Å²) < 4.78 is 16.2. The number of aromatic nitrogens is 2. The van der Waals surface area contributed by atoms with E-state index in [0.29, 0.717) is 11.6 Å². The molecular formula is C17H20ClFN2. The molecule has 0 amide bonds. The SMILES string of the molecule is Cc1cc2c(cc1F)nc(C(C)Cl)n2C(C1CC1)C1CC1. The van der Waals surface area contributed by atoms with Crippen LogP contribution in [0, 0.1) is 24.6 Å². The maximum Gasteiger partial charge on any atom is 0.128 e. The highest BCUT2D eigenvalue weighted by Crippen LogP contribution is 2.53. The average Bonchev–Trinajstić information content (AvgIpc) is 3.31. The number of nitrogens with zero attached hydrogens (tertiary/aromatic N) is 2. The fraction of sp³-hybridized carbons (Fsp3) is 0.588. The van der Waals surface area contributed by atoms with Crippen molar-refractivity contribution in [2.75, 3.05) is 0 Å². The molecule has 1 aromatic carbocycles. The van der Waals surface area contributed by atoms with E-state index >= 15 is 0 Å². The fourth-order valence-electron chi connectivity index (χ4n) is 3.51. The summed E-state index contributed by atoms with van der Waals surface area (Å²) in [5.74, 6) is 2.24. The van der Waals surface area contributed by atoms with E-state index in [1.807, 2.05) is 19.9 Å². The van der Waals surface area contributed by atoms with Gasteiger partial charge in [0, 0.05) is 12.1 Å². The van der Waals surface area contributed by atoms with Crippen LogP contribution in [0.3, 0.4) is 0 Å². The number of fused-ring (bicyclic) bond motifs is 1. The Kier molecular flexibility index (Phi) is 3.04. The van der Waals surface area contributed by atoms with Gasteiger partial charge in [-0.1, -0.05) is 0 Å². The first kappa shape index (κ1) is 13.6. The van der Waals surface area contributed by atoms with Crippen LogP contribution in [0.5, 0.6) is 0 Å². The molecule has 4 heteroatoms. The fourth-order valence-corrected chi connectivity index (χ4v) is 3.67. The molecule has 0 aliphatic heterocycles. The third-order valence-corrected chi connectivity index (χ3v) is 5.06. The molecule has 2 aliphatic carbocycles. The number of aryl methyl sites for hydroxylation is 1. The number of alkyl halides is 1. The topological polar surface area (TPSA) is 17.8 Å². The summed E-state index contributed by atoms with van der Waals surface area (Å²) in [6, 6.07) is 4.01. The molecule has 2 saturated carbocycles. The van der Waals surface area contributed by atoms with Gasteiger partial charge in [-0.2, -0.15) is 0 Å². The van der Waals surface area contributed by atoms with Gasteiger partial charge in [-0.25, -0.2) is 9.37 Å². The maximum absolute atomic E-state index is 13.9. The van der Waals surface area contributed by atoms with Crippen molar-refractivity contribution < 1.29 is 4.39 Å². The summed E-state index contributed by atoms with van der Waals surface area (Å²) in [5, 5.41) is -0.152. The van der Waals surface area contributed by atoms with Gasteiger partial charge in [0.15, 0.2) is 0 Å². The van der Waals surface area contributed by atoms with Crippen LogP contribution in [-0.4, -0.2) is 9.55 Å². The van der Waals surface area contributed by atoms with Crippen molar-refractivity contribution >= 4 is 22.6 Å². The maximum atomic E-state index is 13.9. The summed E-state index contributed by atoms with van der Waals surface area (Å²) in [4.78, 5) is 4.65. The lowest BCUT2D eigenvalue weighted by Gasteiger charge is -2.22. The monoisotopic (exact) mass is 306 g/mol. The van der Waals surface area contributed by atoms with Crippen molar-refractivity contribution in [2.45, 2.75) is 50.9 Å². The molecule has 0 N–H and O–H groups in total. The second kappa shape index (κ2) is 4.70. The van der Waals surface area contributed by atoms with Crippen molar-refractivity contribution in [3.63, 3.8) is 0 Å². The highest BCUT2D eigenvalue weighted by Gasteiger charge is 2.44. The number of benzene rings is 1. The predicted octanol–water partition coefficient (Wildman–Crippen LogP) is 5.14. The van der Waals surface area contributed by atoms with Crippen molar-refractivity contribution in [1.29, 1.82) is 0 Å². The molecule has 4 rings (SSSR count). The van der Waals surface area contributed by atoms with E-state index < -0.39 is 0 Å². The third kappa shape index (κ3) is 2.26. The van der Waals surface area contributed by atoms with Gasteiger partial charge in [0.25, 0.3) is 0 Å². The normalized spacial score (nSPS) is 20.4. The van der Waals surface area contributed by atoms with Crippen molar-refractivity contribution in [3.8, 4) is 0 Å². The van der Waals surface area contributed by atoms with Crippen LogP contribution < -0.4 is 0 Å². The minimum Gasteiger partial charge on any atom is -0.323 e. The lowest BCUT2D eigenvalue weighted by molar-refractivity contribution is 0.392. The first-order valence-electron chi connectivity index (χ1n) is 7.88. The summed E-state index contributed by atoms with van der Waals surface area (Å²) >= 11 is 6.38. The third-order valence-electron chi connectivity index (χ3n) is 4.86. The standard InChI is InChI=1S/C17H20ClFN2/c1-9-7-15-14(8-13(9)19)20-17(10(2)18)21(15)16(11-3-4-11)12-5-6-12/h7-8,10-12,16H,3-6H2,1-2H3. The van der Waals surface area contributed by atoms with Gasteiger partial charge >= 0.3 is 0 Å². The Morgan fingerprint density at radius 3 is 2.38 bits per heavy atom. The summed E-state index contributed by atoms with van der Waals surface area (Å²) in [6.07, 6.45) is 5.21. The molecule has 1 heterocycles. The van der Waals surface area contributed by atoms with Gasteiger partial charge in [0.2, 0.25) is 0 Å². The molecule has 0 saturated heterocycles. The highest BCUT2D eigenvalue weighted by atomic mass is 35.5. The van der Waals surface area contributed by atoms with Crippen LogP contribution in [0.15, 0.2) is 12.1 Å². The Hall–Kier alpha value is -1.09. The van der Waals surface area contributed by atoms with E-state index in [2.05, 4.69) is 9.55 Å². The number of hydrogen-bond acceptors (Lipinski definition) is 1. The van der Waals surface area contributed by atoms with Crippen molar-refractivity contribution in [2.24, 2.45) is 11.8 Å². The van der Waals surface area contributed by atoms with Crippen LogP contribution in [-0.2, 0) is 0 Å². The zero-order valence-corrected chi connectivity index (χ0v) is 13.2. The number of hydrogen-bond donors (Lipinski definition) is 0. The Morgan fingerprint density at radius 2 is 1.86 bits per heavy atom. The number of imidazole rings is 1. The molecule has 2 nitrogen and oxygen atoms in total. The van der Waals surface area contributed by atoms with Crippen molar-refractivity contribution in [3.05, 3.63) is 29.3 Å². The molecular weight excluding hydrogens is 287 g/mol. The Morgan fingerprint density at radius 1 is 1.24 bits per heavy atom. The van der Waals surface area contributed by atoms with Gasteiger partial charge in [-0.3, -0.25) is 0 Å². The van der Waals surface area contributed by atoms with Gasteiger partial charge in [0.05, 0.1) is 16.4 Å². The summed E-state index contributed by atoms with van der Waals surface area (Å²) in [7, 11) is 0. The number of rotatable bonds is 4. The second-order valence-electron chi connectivity index (χ2n) is 6.71. The van der Waals surface area contributed by atoms with Gasteiger partial charge in [-0.05, 0) is 63.0 Å². The Balaban J connectivity index is 1.95. The zero-order chi connectivity index (χ0) is 14.7. The van der Waals surface area contributed by atoms with Gasteiger partial charge in [-0.15, -0.1) is 11.6 Å². The summed E-state index contributed by atoms with van der Waals surface area (Å²) in [5.41, 5.74) is 2.48. The van der Waals surface area contributed by atoms with E-state index in [1.165, 1.54) is 25.7 Å². The first-order valence-corrected chi connectivity index (χ1v) is 8.32. The highest BCUT2D eigenvalue weighted by molar-refractivity contribution is 6.20. The van der Waals surface area contributed by atoms with Crippen LogP contribution in [0.1, 0.15) is 55.4 Å². The molecule has 1 unspecified atom stereocenters. The van der Waals surface area contributed by atoms with Crippen LogP contribution >= 0.6 is 11.6 Å². The molecule has 112 valence electrons. The molecule has 1 atom stereocenters. The molecule has 1 aromatic heterocycles. The minimum absolute atomic E-state index is 0.152. The first-order chi connectivity index (χ1) is 10.1. The predicted molar refractivity (Wildman–Crippen MR) is 83.2 cm³/mol.